The average molecular weight is 197 g/mol. The van der Waals surface area contributed by atoms with Gasteiger partial charge in [-0.15, -0.1) is 0 Å². The highest BCUT2D eigenvalue weighted by atomic mass is 14.9. The van der Waals surface area contributed by atoms with Crippen molar-refractivity contribution in [1.82, 2.24) is 5.32 Å². The molecule has 0 aromatic rings. The molecule has 1 atom stereocenters. The summed E-state index contributed by atoms with van der Waals surface area (Å²) < 4.78 is 0. The topological polar surface area (TPSA) is 12.0 Å². The summed E-state index contributed by atoms with van der Waals surface area (Å²) in [6.45, 7) is 1.03. The molecule has 1 heteroatoms. The summed E-state index contributed by atoms with van der Waals surface area (Å²) in [7, 11) is 0. The minimum atomic E-state index is 0.218. The maximum Gasteiger partial charge on any atom is 0.0379 e. The van der Waals surface area contributed by atoms with Crippen LogP contribution in [0.4, 0.5) is 0 Å². The highest BCUT2D eigenvalue weighted by molar-refractivity contribution is 5.48. The van der Waals surface area contributed by atoms with Gasteiger partial charge in [0.25, 0.3) is 0 Å². The fourth-order valence-corrected chi connectivity index (χ4v) is 2.56. The lowest BCUT2D eigenvalue weighted by Gasteiger charge is -2.27. The number of hydrogen-bond acceptors (Lipinski definition) is 1. The summed E-state index contributed by atoms with van der Waals surface area (Å²) >= 11 is 0. The molecule has 1 heterocycles. The van der Waals surface area contributed by atoms with E-state index < -0.39 is 0 Å². The molecule has 0 saturated carbocycles. The first-order chi connectivity index (χ1) is 7.41. The zero-order chi connectivity index (χ0) is 10.1. The Hall–Kier alpha value is -1.50. The van der Waals surface area contributed by atoms with Gasteiger partial charge in [-0.2, -0.15) is 0 Å². The van der Waals surface area contributed by atoms with Crippen molar-refractivity contribution in [2.45, 2.75) is 12.8 Å². The van der Waals surface area contributed by atoms with E-state index in [1.54, 1.807) is 0 Å². The molecule has 0 fully saturated rings. The van der Waals surface area contributed by atoms with E-state index >= 15 is 0 Å². The molecule has 0 aromatic carbocycles. The van der Waals surface area contributed by atoms with Crippen LogP contribution in [0.1, 0.15) is 12.8 Å². The first kappa shape index (κ1) is 8.78. The van der Waals surface area contributed by atoms with Crippen molar-refractivity contribution < 1.29 is 0 Å². The molecular formula is C14H15N. The van der Waals surface area contributed by atoms with Gasteiger partial charge in [-0.1, -0.05) is 42.5 Å². The Morgan fingerprint density at radius 3 is 2.87 bits per heavy atom. The monoisotopic (exact) mass is 197 g/mol. The molecule has 0 radical (unpaired) electrons. The van der Waals surface area contributed by atoms with Crippen LogP contribution in [-0.4, -0.2) is 6.54 Å². The number of nitrogens with one attached hydrogen (secondary N) is 1. The highest BCUT2D eigenvalue weighted by Gasteiger charge is 2.36. The lowest BCUT2D eigenvalue weighted by atomic mass is 9.76. The van der Waals surface area contributed by atoms with E-state index in [-0.39, 0.29) is 5.41 Å². The maximum absolute atomic E-state index is 3.52. The van der Waals surface area contributed by atoms with Crippen LogP contribution in [0.25, 0.3) is 0 Å². The molecular weight excluding hydrogens is 182 g/mol. The van der Waals surface area contributed by atoms with Gasteiger partial charge in [0.1, 0.15) is 0 Å². The second-order valence-corrected chi connectivity index (χ2v) is 4.37. The van der Waals surface area contributed by atoms with Crippen LogP contribution >= 0.6 is 0 Å². The largest absolute Gasteiger partial charge is 0.384 e. The molecule has 3 aliphatic rings. The minimum absolute atomic E-state index is 0.218. The van der Waals surface area contributed by atoms with Crippen LogP contribution in [0.2, 0.25) is 0 Å². The van der Waals surface area contributed by atoms with Gasteiger partial charge < -0.3 is 5.32 Å². The van der Waals surface area contributed by atoms with Gasteiger partial charge in [-0.05, 0) is 24.5 Å². The van der Waals surface area contributed by atoms with E-state index in [4.69, 9.17) is 0 Å². The fraction of sp³-hybridized carbons (Fsp3) is 0.286. The summed E-state index contributed by atoms with van der Waals surface area (Å²) in [6, 6.07) is 0. The molecule has 0 saturated heterocycles. The second kappa shape index (κ2) is 3.27. The van der Waals surface area contributed by atoms with Gasteiger partial charge in [0.05, 0.1) is 0 Å². The Balaban J connectivity index is 2.06. The third-order valence-electron chi connectivity index (χ3n) is 3.41. The number of rotatable bonds is 0. The summed E-state index contributed by atoms with van der Waals surface area (Å²) in [5.74, 6) is 0. The predicted molar refractivity (Wildman–Crippen MR) is 63.3 cm³/mol. The SMILES string of the molecule is C1=CCC2(C=C1)CNC1=C2C=CCC=C1. The predicted octanol–water partition coefficient (Wildman–Crippen LogP) is 2.86. The highest BCUT2D eigenvalue weighted by Crippen LogP contribution is 2.42. The Morgan fingerprint density at radius 1 is 1.07 bits per heavy atom. The van der Waals surface area contributed by atoms with Crippen molar-refractivity contribution in [1.29, 1.82) is 0 Å². The molecule has 1 spiro atoms. The number of allylic oxidation sites excluding steroid dienone is 7. The van der Waals surface area contributed by atoms with Crippen LogP contribution in [0.15, 0.2) is 59.9 Å². The normalized spacial score (nSPS) is 32.0. The van der Waals surface area contributed by atoms with E-state index in [1.165, 1.54) is 11.3 Å². The quantitative estimate of drug-likeness (QED) is 0.629. The first-order valence-corrected chi connectivity index (χ1v) is 5.57. The Bertz CT molecular complexity index is 421. The number of fused-ring (bicyclic) bond motifs is 1. The van der Waals surface area contributed by atoms with Crippen LogP contribution in [0, 0.1) is 5.41 Å². The zero-order valence-electron chi connectivity index (χ0n) is 8.74. The van der Waals surface area contributed by atoms with Gasteiger partial charge >= 0.3 is 0 Å². The van der Waals surface area contributed by atoms with Crippen LogP contribution < -0.4 is 5.32 Å². The van der Waals surface area contributed by atoms with Gasteiger partial charge in [-0.3, -0.25) is 0 Å². The minimum Gasteiger partial charge on any atom is -0.384 e. The molecule has 3 rings (SSSR count). The summed E-state index contributed by atoms with van der Waals surface area (Å²) in [6.07, 6.45) is 20.1. The molecule has 76 valence electrons. The maximum atomic E-state index is 3.52. The van der Waals surface area contributed by atoms with E-state index in [2.05, 4.69) is 53.9 Å². The smallest absolute Gasteiger partial charge is 0.0379 e. The van der Waals surface area contributed by atoms with Gasteiger partial charge in [-0.25, -0.2) is 0 Å². The molecule has 1 N–H and O–H groups in total. The van der Waals surface area contributed by atoms with Gasteiger partial charge in [0.15, 0.2) is 0 Å². The van der Waals surface area contributed by atoms with E-state index in [9.17, 15) is 0 Å². The van der Waals surface area contributed by atoms with Crippen molar-refractivity contribution in [3.63, 3.8) is 0 Å². The molecule has 1 unspecified atom stereocenters. The van der Waals surface area contributed by atoms with Crippen molar-refractivity contribution in [2.75, 3.05) is 6.54 Å². The molecule has 0 bridgehead atoms. The van der Waals surface area contributed by atoms with E-state index in [0.29, 0.717) is 0 Å². The van der Waals surface area contributed by atoms with Crippen LogP contribution in [-0.2, 0) is 0 Å². The molecule has 1 nitrogen and oxygen atoms in total. The Morgan fingerprint density at radius 2 is 2.00 bits per heavy atom. The summed E-state index contributed by atoms with van der Waals surface area (Å²) in [5, 5.41) is 3.52. The Labute approximate surface area is 90.6 Å². The lowest BCUT2D eigenvalue weighted by Crippen LogP contribution is -2.25. The van der Waals surface area contributed by atoms with E-state index in [0.717, 1.165) is 19.4 Å². The number of hydrogen-bond donors (Lipinski definition) is 1. The zero-order valence-corrected chi connectivity index (χ0v) is 8.74. The van der Waals surface area contributed by atoms with Crippen molar-refractivity contribution >= 4 is 0 Å². The molecule has 2 aliphatic carbocycles. The van der Waals surface area contributed by atoms with Crippen LogP contribution in [0.5, 0.6) is 0 Å². The summed E-state index contributed by atoms with van der Waals surface area (Å²) in [5.41, 5.74) is 2.98. The van der Waals surface area contributed by atoms with Gasteiger partial charge in [0.2, 0.25) is 0 Å². The second-order valence-electron chi connectivity index (χ2n) is 4.37. The molecule has 1 aliphatic heterocycles. The van der Waals surface area contributed by atoms with E-state index in [1.807, 2.05) is 0 Å². The third-order valence-corrected chi connectivity index (χ3v) is 3.41. The Kier molecular flexibility index (Phi) is 1.91. The molecule has 0 amide bonds. The lowest BCUT2D eigenvalue weighted by molar-refractivity contribution is 0.491. The molecule has 0 aromatic heterocycles. The average Bonchev–Trinajstić information content (AvgIpc) is 2.51. The first-order valence-electron chi connectivity index (χ1n) is 5.57. The molecule has 15 heavy (non-hydrogen) atoms. The van der Waals surface area contributed by atoms with Crippen molar-refractivity contribution in [3.05, 3.63) is 59.9 Å². The summed E-state index contributed by atoms with van der Waals surface area (Å²) in [4.78, 5) is 0. The van der Waals surface area contributed by atoms with Crippen molar-refractivity contribution in [3.8, 4) is 0 Å². The third kappa shape index (κ3) is 1.30. The van der Waals surface area contributed by atoms with Crippen LogP contribution in [0.3, 0.4) is 0 Å². The van der Waals surface area contributed by atoms with Crippen molar-refractivity contribution in [2.24, 2.45) is 5.41 Å². The van der Waals surface area contributed by atoms with Gasteiger partial charge in [0, 0.05) is 17.7 Å². The standard InChI is InChI=1S/C14H15N/c1-3-7-12-13(8-4-1)15-11-14(12)9-5-2-6-10-14/h2-9,15H,1,10-11H2. The fourth-order valence-electron chi connectivity index (χ4n) is 2.56.